The van der Waals surface area contributed by atoms with Gasteiger partial charge in [0.05, 0.1) is 10.9 Å². The van der Waals surface area contributed by atoms with Crippen molar-refractivity contribution in [2.45, 2.75) is 13.0 Å². The predicted molar refractivity (Wildman–Crippen MR) is 103 cm³/mol. The molecule has 0 bridgehead atoms. The molecule has 134 valence electrons. The maximum atomic E-state index is 12.6. The van der Waals surface area contributed by atoms with Crippen LogP contribution in [-0.2, 0) is 4.79 Å². The van der Waals surface area contributed by atoms with Gasteiger partial charge in [-0.15, -0.1) is 0 Å². The van der Waals surface area contributed by atoms with Crippen molar-refractivity contribution in [2.24, 2.45) is 0 Å². The number of anilines is 2. The lowest BCUT2D eigenvalue weighted by Gasteiger charge is -2.16. The van der Waals surface area contributed by atoms with Crippen molar-refractivity contribution in [1.82, 2.24) is 9.55 Å². The van der Waals surface area contributed by atoms with Gasteiger partial charge in [0, 0.05) is 25.5 Å². The number of H-pyrrole nitrogens is 1. The Balaban J connectivity index is 1.90. The number of para-hydroxylation sites is 1. The zero-order valence-corrected chi connectivity index (χ0v) is 14.8. The number of aromatic nitrogens is 2. The summed E-state index contributed by atoms with van der Waals surface area (Å²) in [4.78, 5) is 42.0. The van der Waals surface area contributed by atoms with Crippen LogP contribution in [0, 0.1) is 0 Å². The highest BCUT2D eigenvalue weighted by Gasteiger charge is 2.20. The number of carbonyl (C=O) groups excluding carboxylic acids is 1. The fraction of sp³-hybridized carbons (Fsp3) is 0.211. The molecule has 0 aliphatic carbocycles. The molecule has 1 unspecified atom stereocenters. The van der Waals surface area contributed by atoms with Gasteiger partial charge in [-0.3, -0.25) is 9.59 Å². The highest BCUT2D eigenvalue weighted by molar-refractivity contribution is 5.93. The van der Waals surface area contributed by atoms with E-state index in [0.717, 1.165) is 10.3 Å². The van der Waals surface area contributed by atoms with E-state index in [4.69, 9.17) is 0 Å². The van der Waals surface area contributed by atoms with E-state index in [1.807, 2.05) is 31.1 Å². The van der Waals surface area contributed by atoms with Crippen molar-refractivity contribution in [3.63, 3.8) is 0 Å². The van der Waals surface area contributed by atoms with Crippen LogP contribution in [0.15, 0.2) is 58.1 Å². The summed E-state index contributed by atoms with van der Waals surface area (Å²) in [6.07, 6.45) is 0. The maximum Gasteiger partial charge on any atom is 0.329 e. The molecule has 0 radical (unpaired) electrons. The van der Waals surface area contributed by atoms with E-state index < -0.39 is 23.2 Å². The van der Waals surface area contributed by atoms with Crippen LogP contribution in [0.4, 0.5) is 11.4 Å². The molecule has 3 aromatic rings. The van der Waals surface area contributed by atoms with Crippen molar-refractivity contribution >= 4 is 28.2 Å². The highest BCUT2D eigenvalue weighted by atomic mass is 16.2. The van der Waals surface area contributed by atoms with E-state index in [-0.39, 0.29) is 0 Å². The number of hydrogen-bond acceptors (Lipinski definition) is 4. The van der Waals surface area contributed by atoms with Gasteiger partial charge in [-0.05, 0) is 43.3 Å². The average Bonchev–Trinajstić information content (AvgIpc) is 2.62. The van der Waals surface area contributed by atoms with Crippen LogP contribution in [0.2, 0.25) is 0 Å². The molecular formula is C19H20N4O3. The number of benzene rings is 2. The van der Waals surface area contributed by atoms with Crippen LogP contribution in [0.3, 0.4) is 0 Å². The molecule has 2 aromatic carbocycles. The van der Waals surface area contributed by atoms with E-state index in [1.54, 1.807) is 36.4 Å². The monoisotopic (exact) mass is 352 g/mol. The Hall–Kier alpha value is -3.35. The molecule has 2 N–H and O–H groups in total. The first kappa shape index (κ1) is 17.5. The first-order valence-electron chi connectivity index (χ1n) is 8.20. The Morgan fingerprint density at radius 2 is 1.73 bits per heavy atom. The molecular weight excluding hydrogens is 332 g/mol. The van der Waals surface area contributed by atoms with E-state index in [0.29, 0.717) is 16.6 Å². The molecule has 1 amide bonds. The van der Waals surface area contributed by atoms with Crippen molar-refractivity contribution < 1.29 is 4.79 Å². The molecule has 0 saturated carbocycles. The number of fused-ring (bicyclic) bond motifs is 1. The second-order valence-electron chi connectivity index (χ2n) is 6.26. The molecule has 0 spiro atoms. The normalized spacial score (nSPS) is 12.0. The van der Waals surface area contributed by atoms with Crippen molar-refractivity contribution in [3.05, 3.63) is 69.4 Å². The van der Waals surface area contributed by atoms with Crippen LogP contribution in [-0.4, -0.2) is 29.6 Å². The summed E-state index contributed by atoms with van der Waals surface area (Å²) in [6, 6.07) is 13.0. The lowest BCUT2D eigenvalue weighted by atomic mass is 10.2. The Morgan fingerprint density at radius 3 is 2.38 bits per heavy atom. The summed E-state index contributed by atoms with van der Waals surface area (Å²) in [6.45, 7) is 1.52. The number of nitrogens with one attached hydrogen (secondary N) is 2. The molecule has 1 aromatic heterocycles. The summed E-state index contributed by atoms with van der Waals surface area (Å²) in [5.74, 6) is -0.439. The summed E-state index contributed by atoms with van der Waals surface area (Å²) in [7, 11) is 3.85. The van der Waals surface area contributed by atoms with Crippen LogP contribution >= 0.6 is 0 Å². The molecule has 1 atom stereocenters. The largest absolute Gasteiger partial charge is 0.378 e. The van der Waals surface area contributed by atoms with Gasteiger partial charge in [-0.2, -0.15) is 0 Å². The fourth-order valence-corrected chi connectivity index (χ4v) is 2.73. The number of rotatable bonds is 4. The lowest BCUT2D eigenvalue weighted by Crippen LogP contribution is -2.41. The zero-order valence-electron chi connectivity index (χ0n) is 14.8. The molecule has 0 fully saturated rings. The van der Waals surface area contributed by atoms with Gasteiger partial charge in [-0.1, -0.05) is 12.1 Å². The Kier molecular flexibility index (Phi) is 4.62. The fourth-order valence-electron chi connectivity index (χ4n) is 2.73. The quantitative estimate of drug-likeness (QED) is 0.751. The first-order chi connectivity index (χ1) is 12.4. The van der Waals surface area contributed by atoms with Gasteiger partial charge in [0.25, 0.3) is 5.56 Å². The van der Waals surface area contributed by atoms with E-state index >= 15 is 0 Å². The third-order valence-corrected chi connectivity index (χ3v) is 4.25. The molecule has 0 saturated heterocycles. The summed E-state index contributed by atoms with van der Waals surface area (Å²) in [5.41, 5.74) is 0.941. The molecule has 26 heavy (non-hydrogen) atoms. The summed E-state index contributed by atoms with van der Waals surface area (Å²) in [5, 5.41) is 3.10. The summed E-state index contributed by atoms with van der Waals surface area (Å²) < 4.78 is 0.936. The first-order valence-corrected chi connectivity index (χ1v) is 8.20. The maximum absolute atomic E-state index is 12.6. The Morgan fingerprint density at radius 1 is 1.08 bits per heavy atom. The van der Waals surface area contributed by atoms with Gasteiger partial charge >= 0.3 is 5.69 Å². The predicted octanol–water partition coefficient (Wildman–Crippen LogP) is 1.96. The number of aromatic amines is 1. The third-order valence-electron chi connectivity index (χ3n) is 4.25. The third kappa shape index (κ3) is 3.23. The summed E-state index contributed by atoms with van der Waals surface area (Å²) >= 11 is 0. The smallest absolute Gasteiger partial charge is 0.329 e. The van der Waals surface area contributed by atoms with Gasteiger partial charge in [0.2, 0.25) is 5.91 Å². The van der Waals surface area contributed by atoms with E-state index in [2.05, 4.69) is 10.3 Å². The van der Waals surface area contributed by atoms with Crippen molar-refractivity contribution in [2.75, 3.05) is 24.3 Å². The van der Waals surface area contributed by atoms with E-state index in [1.165, 1.54) is 6.92 Å². The Labute approximate surface area is 149 Å². The molecule has 0 aliphatic heterocycles. The molecule has 7 heteroatoms. The average molecular weight is 352 g/mol. The zero-order chi connectivity index (χ0) is 18.8. The molecule has 1 heterocycles. The lowest BCUT2D eigenvalue weighted by molar-refractivity contribution is -0.119. The van der Waals surface area contributed by atoms with Crippen molar-refractivity contribution in [3.8, 4) is 0 Å². The van der Waals surface area contributed by atoms with Crippen LogP contribution < -0.4 is 21.5 Å². The minimum Gasteiger partial charge on any atom is -0.378 e. The van der Waals surface area contributed by atoms with Gasteiger partial charge in [-0.25, -0.2) is 9.36 Å². The SMILES string of the molecule is CC(C(=O)Nc1ccc(N(C)C)cc1)n1c(=O)[nH]c2ccccc2c1=O. The van der Waals surface area contributed by atoms with Crippen molar-refractivity contribution in [1.29, 1.82) is 0 Å². The van der Waals surface area contributed by atoms with Crippen LogP contribution in [0.1, 0.15) is 13.0 Å². The number of amides is 1. The minimum atomic E-state index is -0.954. The second-order valence-corrected chi connectivity index (χ2v) is 6.26. The Bertz CT molecular complexity index is 1060. The molecule has 0 aliphatic rings. The number of carbonyl (C=O) groups is 1. The standard InChI is InChI=1S/C19H20N4O3/c1-12(17(24)20-13-8-10-14(11-9-13)22(2)3)23-18(25)15-6-4-5-7-16(15)21-19(23)26/h4-12H,1-3H3,(H,20,24)(H,21,26). The van der Waals surface area contributed by atoms with Crippen LogP contribution in [0.5, 0.6) is 0 Å². The van der Waals surface area contributed by atoms with Gasteiger partial charge in [0.15, 0.2) is 0 Å². The topological polar surface area (TPSA) is 87.2 Å². The second kappa shape index (κ2) is 6.87. The number of nitrogens with zero attached hydrogens (tertiary/aromatic N) is 2. The van der Waals surface area contributed by atoms with E-state index in [9.17, 15) is 14.4 Å². The minimum absolute atomic E-state index is 0.363. The molecule has 3 rings (SSSR count). The number of hydrogen-bond donors (Lipinski definition) is 2. The highest BCUT2D eigenvalue weighted by Crippen LogP contribution is 2.17. The van der Waals surface area contributed by atoms with Crippen LogP contribution in [0.25, 0.3) is 10.9 Å². The molecule has 7 nitrogen and oxygen atoms in total. The van der Waals surface area contributed by atoms with Gasteiger partial charge in [0.1, 0.15) is 6.04 Å². The van der Waals surface area contributed by atoms with Gasteiger partial charge < -0.3 is 15.2 Å².